The van der Waals surface area contributed by atoms with Crippen LogP contribution in [0, 0.1) is 11.8 Å². The van der Waals surface area contributed by atoms with Crippen molar-refractivity contribution >= 4 is 22.6 Å². The van der Waals surface area contributed by atoms with Gasteiger partial charge in [0.1, 0.15) is 5.65 Å². The Morgan fingerprint density at radius 3 is 3.12 bits per heavy atom. The molecule has 0 saturated heterocycles. The SMILES string of the molecule is CC1C[C@H]2CC(Nc3c(C(N)=O)cnc4[nH]ccc34)(CC[C@@H]2O)C1. The lowest BCUT2D eigenvalue weighted by atomic mass is 9.62. The Balaban J connectivity index is 1.77. The molecule has 2 heterocycles. The van der Waals surface area contributed by atoms with E-state index < -0.39 is 5.91 Å². The van der Waals surface area contributed by atoms with E-state index in [0.717, 1.165) is 48.8 Å². The van der Waals surface area contributed by atoms with Crippen LogP contribution >= 0.6 is 0 Å². The predicted octanol–water partition coefficient (Wildman–Crippen LogP) is 2.40. The maximum atomic E-state index is 11.9. The Hall–Kier alpha value is -2.08. The zero-order valence-electron chi connectivity index (χ0n) is 13.9. The third-order valence-corrected chi connectivity index (χ3v) is 5.80. The van der Waals surface area contributed by atoms with E-state index in [1.54, 1.807) is 6.20 Å². The molecule has 128 valence electrons. The molecule has 0 aliphatic heterocycles. The number of nitrogens with two attached hydrogens (primary N) is 1. The number of nitrogens with zero attached hydrogens (tertiary/aromatic N) is 1. The number of anilines is 1. The molecule has 2 aliphatic carbocycles. The summed E-state index contributed by atoms with van der Waals surface area (Å²) in [6.07, 6.45) is 7.92. The Morgan fingerprint density at radius 2 is 2.33 bits per heavy atom. The molecule has 2 aromatic heterocycles. The molecule has 24 heavy (non-hydrogen) atoms. The summed E-state index contributed by atoms with van der Waals surface area (Å²) in [6, 6.07) is 1.93. The highest BCUT2D eigenvalue weighted by molar-refractivity contribution is 6.06. The number of pyridine rings is 1. The van der Waals surface area contributed by atoms with Crippen LogP contribution in [0.4, 0.5) is 5.69 Å². The van der Waals surface area contributed by atoms with Crippen molar-refractivity contribution in [2.45, 2.75) is 50.7 Å². The monoisotopic (exact) mass is 328 g/mol. The minimum Gasteiger partial charge on any atom is -0.393 e. The van der Waals surface area contributed by atoms with E-state index in [-0.39, 0.29) is 11.6 Å². The second-order valence-corrected chi connectivity index (χ2v) is 7.67. The van der Waals surface area contributed by atoms with Crippen LogP contribution in [0.3, 0.4) is 0 Å². The summed E-state index contributed by atoms with van der Waals surface area (Å²) in [7, 11) is 0. The minimum atomic E-state index is -0.472. The zero-order chi connectivity index (χ0) is 16.9. The summed E-state index contributed by atoms with van der Waals surface area (Å²) < 4.78 is 0. The zero-order valence-corrected chi connectivity index (χ0v) is 13.9. The molecule has 4 rings (SSSR count). The van der Waals surface area contributed by atoms with Gasteiger partial charge in [0.15, 0.2) is 0 Å². The van der Waals surface area contributed by atoms with Gasteiger partial charge in [-0.2, -0.15) is 0 Å². The maximum absolute atomic E-state index is 11.9. The molecular weight excluding hydrogens is 304 g/mol. The number of H-pyrrole nitrogens is 1. The molecular formula is C18H24N4O2. The number of rotatable bonds is 3. The van der Waals surface area contributed by atoms with Crippen LogP contribution in [-0.4, -0.2) is 32.6 Å². The standard InChI is InChI=1S/C18H24N4O2/c1-10-6-11-8-18(7-10,4-2-14(11)23)22-15-12-3-5-20-17(12)21-9-13(15)16(19)24/h3,5,9-11,14,23H,2,4,6-8H2,1H3,(H2,19,24)(H2,20,21,22)/t10?,11-,14-,18?/m0/s1. The van der Waals surface area contributed by atoms with Gasteiger partial charge in [0, 0.05) is 23.3 Å². The van der Waals surface area contributed by atoms with Crippen molar-refractivity contribution in [3.05, 3.63) is 24.0 Å². The summed E-state index contributed by atoms with van der Waals surface area (Å²) >= 11 is 0. The number of carbonyl (C=O) groups excluding carboxylic acids is 1. The summed E-state index contributed by atoms with van der Waals surface area (Å²) in [5, 5.41) is 14.9. The number of aliphatic hydroxyl groups is 1. The van der Waals surface area contributed by atoms with Gasteiger partial charge in [0.25, 0.3) is 5.91 Å². The van der Waals surface area contributed by atoms with Gasteiger partial charge in [-0.3, -0.25) is 4.79 Å². The van der Waals surface area contributed by atoms with Crippen molar-refractivity contribution in [1.82, 2.24) is 9.97 Å². The first-order valence-corrected chi connectivity index (χ1v) is 8.69. The molecule has 2 aliphatic rings. The number of amides is 1. The quantitative estimate of drug-likeness (QED) is 0.694. The molecule has 0 aromatic carbocycles. The van der Waals surface area contributed by atoms with Gasteiger partial charge in [-0.25, -0.2) is 4.98 Å². The number of hydrogen-bond acceptors (Lipinski definition) is 4. The van der Waals surface area contributed by atoms with Gasteiger partial charge in [0.2, 0.25) is 0 Å². The number of nitrogens with one attached hydrogen (secondary N) is 2. The number of aromatic amines is 1. The van der Waals surface area contributed by atoms with Crippen LogP contribution in [0.1, 0.15) is 49.4 Å². The smallest absolute Gasteiger partial charge is 0.252 e. The third-order valence-electron chi connectivity index (χ3n) is 5.80. The Bertz CT molecular complexity index is 786. The average molecular weight is 328 g/mol. The number of primary amides is 1. The first-order chi connectivity index (χ1) is 11.5. The van der Waals surface area contributed by atoms with E-state index in [4.69, 9.17) is 5.73 Å². The maximum Gasteiger partial charge on any atom is 0.252 e. The van der Waals surface area contributed by atoms with E-state index in [2.05, 4.69) is 22.2 Å². The van der Waals surface area contributed by atoms with Crippen LogP contribution in [0.5, 0.6) is 0 Å². The third kappa shape index (κ3) is 2.45. The highest BCUT2D eigenvalue weighted by atomic mass is 16.3. The number of fused-ring (bicyclic) bond motifs is 3. The topological polar surface area (TPSA) is 104 Å². The molecule has 0 spiro atoms. The number of aliphatic hydroxyl groups excluding tert-OH is 1. The number of hydrogen-bond donors (Lipinski definition) is 4. The van der Waals surface area contributed by atoms with E-state index in [1.807, 2.05) is 12.3 Å². The molecule has 2 unspecified atom stereocenters. The first kappa shape index (κ1) is 15.4. The van der Waals surface area contributed by atoms with Crippen LogP contribution in [-0.2, 0) is 0 Å². The molecule has 6 nitrogen and oxygen atoms in total. The van der Waals surface area contributed by atoms with Crippen LogP contribution < -0.4 is 11.1 Å². The summed E-state index contributed by atoms with van der Waals surface area (Å²) in [6.45, 7) is 2.24. The summed E-state index contributed by atoms with van der Waals surface area (Å²) in [5.41, 5.74) is 7.45. The largest absolute Gasteiger partial charge is 0.393 e. The molecule has 2 aromatic rings. The molecule has 6 heteroatoms. The fraction of sp³-hybridized carbons (Fsp3) is 0.556. The fourth-order valence-electron chi connectivity index (χ4n) is 4.85. The van der Waals surface area contributed by atoms with E-state index in [0.29, 0.717) is 17.4 Å². The fourth-order valence-corrected chi connectivity index (χ4v) is 4.85. The first-order valence-electron chi connectivity index (χ1n) is 8.69. The van der Waals surface area contributed by atoms with Crippen molar-refractivity contribution in [2.75, 3.05) is 5.32 Å². The second-order valence-electron chi connectivity index (χ2n) is 7.67. The van der Waals surface area contributed by atoms with Crippen LogP contribution in [0.25, 0.3) is 11.0 Å². The Kier molecular flexibility index (Phi) is 3.53. The predicted molar refractivity (Wildman–Crippen MR) is 92.7 cm³/mol. The normalized spacial score (nSPS) is 32.7. The number of carbonyl (C=O) groups is 1. The summed E-state index contributed by atoms with van der Waals surface area (Å²) in [4.78, 5) is 19.3. The van der Waals surface area contributed by atoms with Gasteiger partial charge in [0.05, 0.1) is 17.4 Å². The minimum absolute atomic E-state index is 0.0860. The lowest BCUT2D eigenvalue weighted by Gasteiger charge is -2.50. The van der Waals surface area contributed by atoms with Crippen molar-refractivity contribution in [2.24, 2.45) is 17.6 Å². The van der Waals surface area contributed by atoms with Crippen LogP contribution in [0.2, 0.25) is 0 Å². The van der Waals surface area contributed by atoms with Crippen molar-refractivity contribution in [1.29, 1.82) is 0 Å². The second kappa shape index (κ2) is 5.48. The summed E-state index contributed by atoms with van der Waals surface area (Å²) in [5.74, 6) is 0.406. The van der Waals surface area contributed by atoms with Gasteiger partial charge in [-0.1, -0.05) is 6.92 Å². The number of aromatic nitrogens is 2. The molecule has 0 radical (unpaired) electrons. The molecule has 2 bridgehead atoms. The van der Waals surface area contributed by atoms with Gasteiger partial charge in [-0.15, -0.1) is 0 Å². The molecule has 4 atom stereocenters. The van der Waals surface area contributed by atoms with E-state index in [9.17, 15) is 9.90 Å². The Morgan fingerprint density at radius 1 is 1.50 bits per heavy atom. The van der Waals surface area contributed by atoms with E-state index in [1.165, 1.54) is 0 Å². The van der Waals surface area contributed by atoms with Crippen molar-refractivity contribution in [3.8, 4) is 0 Å². The van der Waals surface area contributed by atoms with Crippen LogP contribution in [0.15, 0.2) is 18.5 Å². The highest BCUT2D eigenvalue weighted by Crippen LogP contribution is 2.47. The molecule has 2 saturated carbocycles. The Labute approximate surface area is 140 Å². The average Bonchev–Trinajstić information content (AvgIpc) is 3.00. The van der Waals surface area contributed by atoms with Crippen molar-refractivity contribution < 1.29 is 9.90 Å². The highest BCUT2D eigenvalue weighted by Gasteiger charge is 2.45. The lowest BCUT2D eigenvalue weighted by molar-refractivity contribution is 0.000927. The van der Waals surface area contributed by atoms with Gasteiger partial charge in [-0.05, 0) is 50.0 Å². The van der Waals surface area contributed by atoms with Gasteiger partial charge < -0.3 is 21.1 Å². The molecule has 1 amide bonds. The molecule has 5 N–H and O–H groups in total. The molecule has 2 fully saturated rings. The van der Waals surface area contributed by atoms with E-state index >= 15 is 0 Å². The van der Waals surface area contributed by atoms with Crippen molar-refractivity contribution in [3.63, 3.8) is 0 Å². The lowest BCUT2D eigenvalue weighted by Crippen LogP contribution is -2.52. The van der Waals surface area contributed by atoms with Gasteiger partial charge >= 0.3 is 0 Å².